The number of rotatable bonds is 7. The van der Waals surface area contributed by atoms with Crippen LogP contribution < -0.4 is 0 Å². The summed E-state index contributed by atoms with van der Waals surface area (Å²) in [5, 5.41) is 11.8. The molecule has 0 aliphatic carbocycles. The lowest BCUT2D eigenvalue weighted by molar-refractivity contribution is -0.392. The molecule has 1 aromatic heterocycles. The number of hydrogen-bond acceptors (Lipinski definition) is 5. The van der Waals surface area contributed by atoms with Gasteiger partial charge in [0, 0.05) is 17.0 Å². The Bertz CT molecular complexity index is 972. The topological polar surface area (TPSA) is 78.0 Å². The molecule has 0 saturated heterocycles. The molecule has 0 radical (unpaired) electrons. The fourth-order valence-corrected chi connectivity index (χ4v) is 3.90. The Kier molecular flexibility index (Phi) is 6.08. The summed E-state index contributed by atoms with van der Waals surface area (Å²) in [5.41, 5.74) is 1.58. The van der Waals surface area contributed by atoms with Gasteiger partial charge in [0.2, 0.25) is 5.82 Å². The summed E-state index contributed by atoms with van der Waals surface area (Å²) in [6.07, 6.45) is 0. The summed E-state index contributed by atoms with van der Waals surface area (Å²) in [5.74, 6) is 0.343. The normalized spacial score (nSPS) is 10.7. The Balaban J connectivity index is 1.85. The van der Waals surface area contributed by atoms with Gasteiger partial charge in [-0.2, -0.15) is 0 Å². The number of hydrogen-bond donors (Lipinski definition) is 0. The largest absolute Gasteiger partial charge is 0.396 e. The molecule has 0 N–H and O–H groups in total. The van der Waals surface area contributed by atoms with Gasteiger partial charge in [0.05, 0.1) is 12.3 Å². The van der Waals surface area contributed by atoms with Crippen LogP contribution in [0.1, 0.15) is 21.7 Å². The van der Waals surface area contributed by atoms with Crippen molar-refractivity contribution in [3.63, 3.8) is 0 Å². The number of carbonyl (C=O) groups excluding carboxylic acids is 1. The highest BCUT2D eigenvalue weighted by molar-refractivity contribution is 9.10. The minimum atomic E-state index is -0.499. The maximum absolute atomic E-state index is 12.5. The third-order valence-electron chi connectivity index (χ3n) is 3.96. The van der Waals surface area contributed by atoms with E-state index in [0.29, 0.717) is 23.0 Å². The maximum atomic E-state index is 12.5. The Morgan fingerprint density at radius 1 is 1.19 bits per heavy atom. The molecule has 0 amide bonds. The molecule has 3 aromatic rings. The van der Waals surface area contributed by atoms with Crippen LogP contribution in [0, 0.1) is 17.0 Å². The van der Waals surface area contributed by atoms with Crippen LogP contribution in [0.25, 0.3) is 0 Å². The van der Waals surface area contributed by atoms with E-state index in [2.05, 4.69) is 20.9 Å². The second kappa shape index (κ2) is 8.49. The molecule has 2 aromatic carbocycles. The van der Waals surface area contributed by atoms with Crippen LogP contribution in [-0.2, 0) is 6.54 Å². The molecular formula is C19H16BrN3O3S. The van der Waals surface area contributed by atoms with Crippen molar-refractivity contribution in [2.45, 2.75) is 18.5 Å². The summed E-state index contributed by atoms with van der Waals surface area (Å²) < 4.78 is 2.67. The van der Waals surface area contributed by atoms with Gasteiger partial charge in [-0.25, -0.2) is 0 Å². The number of benzene rings is 2. The number of aromatic nitrogens is 2. The summed E-state index contributed by atoms with van der Waals surface area (Å²) in [7, 11) is 0. The van der Waals surface area contributed by atoms with E-state index in [-0.39, 0.29) is 17.4 Å². The summed E-state index contributed by atoms with van der Waals surface area (Å²) in [6.45, 7) is 2.19. The highest BCUT2D eigenvalue weighted by atomic mass is 79.9. The fraction of sp³-hybridized carbons (Fsp3) is 0.158. The van der Waals surface area contributed by atoms with Crippen molar-refractivity contribution in [3.05, 3.63) is 86.1 Å². The van der Waals surface area contributed by atoms with Gasteiger partial charge in [-0.05, 0) is 27.6 Å². The van der Waals surface area contributed by atoms with Crippen molar-refractivity contribution in [1.29, 1.82) is 0 Å². The number of carbonyl (C=O) groups is 1. The molecule has 6 nitrogen and oxygen atoms in total. The van der Waals surface area contributed by atoms with Crippen molar-refractivity contribution in [1.82, 2.24) is 9.55 Å². The van der Waals surface area contributed by atoms with Crippen molar-refractivity contribution in [2.75, 3.05) is 5.75 Å². The van der Waals surface area contributed by atoms with Crippen LogP contribution in [-0.4, -0.2) is 26.0 Å². The van der Waals surface area contributed by atoms with Gasteiger partial charge in [0.15, 0.2) is 10.8 Å². The average molecular weight is 446 g/mol. The van der Waals surface area contributed by atoms with E-state index >= 15 is 0 Å². The van der Waals surface area contributed by atoms with E-state index < -0.39 is 4.92 Å². The minimum absolute atomic E-state index is 0.0908. The number of nitro groups is 1. The Labute approximate surface area is 168 Å². The summed E-state index contributed by atoms with van der Waals surface area (Å²) in [4.78, 5) is 27.5. The van der Waals surface area contributed by atoms with Crippen LogP contribution in [0.3, 0.4) is 0 Å². The molecule has 0 atom stereocenters. The van der Waals surface area contributed by atoms with Gasteiger partial charge in [-0.3, -0.25) is 9.36 Å². The van der Waals surface area contributed by atoms with E-state index in [1.165, 1.54) is 0 Å². The van der Waals surface area contributed by atoms with Gasteiger partial charge >= 0.3 is 5.82 Å². The number of Topliss-reactive ketones (excluding diaryl/α,β-unsaturated/α-hetero) is 1. The molecule has 0 saturated carbocycles. The van der Waals surface area contributed by atoms with Gasteiger partial charge in [-0.15, -0.1) is 0 Å². The Morgan fingerprint density at radius 3 is 2.48 bits per heavy atom. The van der Waals surface area contributed by atoms with E-state index in [4.69, 9.17) is 0 Å². The van der Waals surface area contributed by atoms with Crippen molar-refractivity contribution < 1.29 is 9.72 Å². The van der Waals surface area contributed by atoms with E-state index in [0.717, 1.165) is 21.8 Å². The zero-order valence-electron chi connectivity index (χ0n) is 14.5. The number of thioether (sulfide) groups is 1. The molecule has 0 spiro atoms. The zero-order chi connectivity index (χ0) is 19.4. The van der Waals surface area contributed by atoms with Gasteiger partial charge in [0.1, 0.15) is 0 Å². The van der Waals surface area contributed by atoms with Crippen LogP contribution in [0.2, 0.25) is 0 Å². The second-order valence-corrected chi connectivity index (χ2v) is 7.72. The number of aryl methyl sites for hydroxylation is 1. The Hall–Kier alpha value is -2.45. The molecule has 138 valence electrons. The third-order valence-corrected chi connectivity index (χ3v) is 5.57. The summed E-state index contributed by atoms with van der Waals surface area (Å²) in [6, 6.07) is 16.7. The van der Waals surface area contributed by atoms with Crippen molar-refractivity contribution >= 4 is 39.3 Å². The standard InChI is InChI=1S/C19H16BrN3O3S/c1-13-21-18(23(25)26)19(22(13)11-14-5-3-2-4-6-14)27-12-17(24)15-7-9-16(20)10-8-15/h2-10H,11-12H2,1H3. The highest BCUT2D eigenvalue weighted by Crippen LogP contribution is 2.31. The molecule has 0 unspecified atom stereocenters. The number of nitrogens with zero attached hydrogens (tertiary/aromatic N) is 3. The zero-order valence-corrected chi connectivity index (χ0v) is 16.9. The Morgan fingerprint density at radius 2 is 1.85 bits per heavy atom. The first-order valence-corrected chi connectivity index (χ1v) is 9.90. The molecule has 0 fully saturated rings. The van der Waals surface area contributed by atoms with Crippen molar-refractivity contribution in [3.8, 4) is 0 Å². The second-order valence-electron chi connectivity index (χ2n) is 5.84. The SMILES string of the molecule is Cc1nc([N+](=O)[O-])c(SCC(=O)c2ccc(Br)cc2)n1Cc1ccccc1. The predicted molar refractivity (Wildman–Crippen MR) is 108 cm³/mol. The fourth-order valence-electron chi connectivity index (χ4n) is 2.60. The van der Waals surface area contributed by atoms with Crippen LogP contribution in [0.4, 0.5) is 5.82 Å². The molecule has 1 heterocycles. The molecule has 0 aliphatic heterocycles. The molecule has 27 heavy (non-hydrogen) atoms. The molecule has 0 aliphatic rings. The molecule has 0 bridgehead atoms. The minimum Gasteiger partial charge on any atom is -0.358 e. The van der Waals surface area contributed by atoms with Crippen LogP contribution in [0.5, 0.6) is 0 Å². The number of imidazole rings is 1. The van der Waals surface area contributed by atoms with E-state index in [1.54, 1.807) is 35.8 Å². The van der Waals surface area contributed by atoms with E-state index in [1.807, 2.05) is 30.3 Å². The van der Waals surface area contributed by atoms with Crippen LogP contribution >= 0.6 is 27.7 Å². The number of ketones is 1. The van der Waals surface area contributed by atoms with Gasteiger partial charge in [0.25, 0.3) is 0 Å². The van der Waals surface area contributed by atoms with Crippen LogP contribution in [0.15, 0.2) is 64.1 Å². The quantitative estimate of drug-likeness (QED) is 0.224. The third kappa shape index (κ3) is 4.64. The lowest BCUT2D eigenvalue weighted by atomic mass is 10.2. The molecule has 3 rings (SSSR count). The first kappa shape index (κ1) is 19.3. The monoisotopic (exact) mass is 445 g/mol. The first-order chi connectivity index (χ1) is 13.0. The average Bonchev–Trinajstić information content (AvgIpc) is 2.97. The predicted octanol–water partition coefficient (Wildman–Crippen LogP) is 4.89. The maximum Gasteiger partial charge on any atom is 0.396 e. The lowest BCUT2D eigenvalue weighted by Gasteiger charge is -2.08. The molecular weight excluding hydrogens is 430 g/mol. The van der Waals surface area contributed by atoms with Gasteiger partial charge in [-0.1, -0.05) is 70.2 Å². The summed E-state index contributed by atoms with van der Waals surface area (Å²) >= 11 is 4.48. The number of halogens is 1. The lowest BCUT2D eigenvalue weighted by Crippen LogP contribution is -2.07. The van der Waals surface area contributed by atoms with Crippen molar-refractivity contribution in [2.24, 2.45) is 0 Å². The highest BCUT2D eigenvalue weighted by Gasteiger charge is 2.26. The first-order valence-electron chi connectivity index (χ1n) is 8.12. The van der Waals surface area contributed by atoms with Gasteiger partial charge < -0.3 is 10.1 Å². The smallest absolute Gasteiger partial charge is 0.358 e. The van der Waals surface area contributed by atoms with E-state index in [9.17, 15) is 14.9 Å². The molecule has 8 heteroatoms.